The number of hydrazone groups is 1. The van der Waals surface area contributed by atoms with Gasteiger partial charge in [-0.05, 0) is 44.4 Å². The molecule has 0 heterocycles. The number of hydrogen-bond donors (Lipinski definition) is 1. The van der Waals surface area contributed by atoms with Crippen molar-refractivity contribution < 1.29 is 4.79 Å². The first-order chi connectivity index (χ1) is 10.6. The minimum atomic E-state index is -0.0616. The van der Waals surface area contributed by atoms with Crippen molar-refractivity contribution in [3.05, 3.63) is 70.8 Å². The largest absolute Gasteiger partial charge is 0.273 e. The Balaban J connectivity index is 1.93. The van der Waals surface area contributed by atoms with Gasteiger partial charge in [0.1, 0.15) is 0 Å². The number of hydrogen-bond acceptors (Lipinski definition) is 2. The van der Waals surface area contributed by atoms with E-state index in [4.69, 9.17) is 0 Å². The second-order valence-corrected chi connectivity index (χ2v) is 5.54. The van der Waals surface area contributed by atoms with Gasteiger partial charge in [-0.15, -0.1) is 0 Å². The van der Waals surface area contributed by atoms with Gasteiger partial charge >= 0.3 is 0 Å². The predicted octanol–water partition coefficient (Wildman–Crippen LogP) is 3.78. The molecule has 114 valence electrons. The number of nitrogens with zero attached hydrogens (tertiary/aromatic N) is 1. The highest BCUT2D eigenvalue weighted by molar-refractivity contribution is 6.00. The van der Waals surface area contributed by atoms with E-state index in [1.807, 2.05) is 44.2 Å². The van der Waals surface area contributed by atoms with Gasteiger partial charge < -0.3 is 0 Å². The predicted molar refractivity (Wildman–Crippen MR) is 91.0 cm³/mol. The summed E-state index contributed by atoms with van der Waals surface area (Å²) in [5, 5.41) is 4.23. The summed E-state index contributed by atoms with van der Waals surface area (Å²) < 4.78 is 0. The quantitative estimate of drug-likeness (QED) is 0.662. The SMILES string of the molecule is C/C(=N\NC(=O)CCc1ccccc1)c1cc(C)ccc1C. The minimum absolute atomic E-state index is 0.0616. The van der Waals surface area contributed by atoms with E-state index in [2.05, 4.69) is 35.7 Å². The number of carbonyl (C=O) groups excluding carboxylic acids is 1. The van der Waals surface area contributed by atoms with Gasteiger partial charge in [0.15, 0.2) is 0 Å². The van der Waals surface area contributed by atoms with E-state index in [0.717, 1.165) is 28.8 Å². The third-order valence-electron chi connectivity index (χ3n) is 3.61. The van der Waals surface area contributed by atoms with Crippen LogP contribution in [0.1, 0.15) is 35.6 Å². The van der Waals surface area contributed by atoms with E-state index in [-0.39, 0.29) is 5.91 Å². The van der Waals surface area contributed by atoms with Gasteiger partial charge in [0.05, 0.1) is 5.71 Å². The fourth-order valence-electron chi connectivity index (χ4n) is 2.29. The molecule has 2 rings (SSSR count). The highest BCUT2D eigenvalue weighted by Crippen LogP contribution is 2.11. The van der Waals surface area contributed by atoms with Crippen LogP contribution in [0.25, 0.3) is 0 Å². The molecule has 0 fully saturated rings. The lowest BCUT2D eigenvalue weighted by molar-refractivity contribution is -0.121. The molecule has 3 heteroatoms. The number of nitrogens with one attached hydrogen (secondary N) is 1. The van der Waals surface area contributed by atoms with E-state index in [1.165, 1.54) is 5.56 Å². The van der Waals surface area contributed by atoms with E-state index in [9.17, 15) is 4.79 Å². The molecule has 2 aromatic rings. The lowest BCUT2D eigenvalue weighted by Gasteiger charge is -2.07. The van der Waals surface area contributed by atoms with Gasteiger partial charge in [0.2, 0.25) is 5.91 Å². The van der Waals surface area contributed by atoms with Crippen LogP contribution in [-0.4, -0.2) is 11.6 Å². The zero-order chi connectivity index (χ0) is 15.9. The van der Waals surface area contributed by atoms with Crippen molar-refractivity contribution >= 4 is 11.6 Å². The second kappa shape index (κ2) is 7.55. The molecule has 0 spiro atoms. The first-order valence-electron chi connectivity index (χ1n) is 7.51. The maximum absolute atomic E-state index is 11.9. The third-order valence-corrected chi connectivity index (χ3v) is 3.61. The number of amides is 1. The molecule has 0 unspecified atom stereocenters. The van der Waals surface area contributed by atoms with Crippen molar-refractivity contribution in [1.82, 2.24) is 5.43 Å². The summed E-state index contributed by atoms with van der Waals surface area (Å²) in [7, 11) is 0. The Hall–Kier alpha value is -2.42. The fourth-order valence-corrected chi connectivity index (χ4v) is 2.29. The summed E-state index contributed by atoms with van der Waals surface area (Å²) in [6.45, 7) is 6.01. The second-order valence-electron chi connectivity index (χ2n) is 5.54. The molecule has 1 amide bonds. The maximum atomic E-state index is 11.9. The van der Waals surface area contributed by atoms with Crippen LogP contribution in [0.3, 0.4) is 0 Å². The van der Waals surface area contributed by atoms with Gasteiger partial charge in [-0.1, -0.05) is 48.0 Å². The molecule has 0 saturated carbocycles. The third kappa shape index (κ3) is 4.55. The van der Waals surface area contributed by atoms with Gasteiger partial charge in [0, 0.05) is 12.0 Å². The van der Waals surface area contributed by atoms with Crippen LogP contribution in [0.4, 0.5) is 0 Å². The number of rotatable bonds is 5. The Labute approximate surface area is 132 Å². The van der Waals surface area contributed by atoms with E-state index >= 15 is 0 Å². The molecule has 0 aliphatic carbocycles. The van der Waals surface area contributed by atoms with E-state index in [0.29, 0.717) is 6.42 Å². The Morgan fingerprint density at radius 1 is 1.09 bits per heavy atom. The molecule has 0 radical (unpaired) electrons. The van der Waals surface area contributed by atoms with Crippen LogP contribution in [0.15, 0.2) is 53.6 Å². The van der Waals surface area contributed by atoms with Crippen LogP contribution in [0.2, 0.25) is 0 Å². The molecular weight excluding hydrogens is 272 g/mol. The fraction of sp³-hybridized carbons (Fsp3) is 0.263. The smallest absolute Gasteiger partial charge is 0.240 e. The first kappa shape index (κ1) is 16.0. The summed E-state index contributed by atoms with van der Waals surface area (Å²) in [4.78, 5) is 11.9. The molecule has 0 atom stereocenters. The molecule has 0 aliphatic heterocycles. The molecule has 22 heavy (non-hydrogen) atoms. The van der Waals surface area contributed by atoms with Crippen molar-refractivity contribution in [3.8, 4) is 0 Å². The van der Waals surface area contributed by atoms with Crippen LogP contribution in [0.5, 0.6) is 0 Å². The molecule has 0 aliphatic rings. The van der Waals surface area contributed by atoms with Crippen molar-refractivity contribution in [2.45, 2.75) is 33.6 Å². The average molecular weight is 294 g/mol. The molecule has 0 saturated heterocycles. The lowest BCUT2D eigenvalue weighted by atomic mass is 10.0. The van der Waals surface area contributed by atoms with E-state index in [1.54, 1.807) is 0 Å². The zero-order valence-electron chi connectivity index (χ0n) is 13.4. The Bertz CT molecular complexity index is 675. The van der Waals surface area contributed by atoms with Crippen molar-refractivity contribution in [2.24, 2.45) is 5.10 Å². The molecule has 3 nitrogen and oxygen atoms in total. The average Bonchev–Trinajstić information content (AvgIpc) is 2.54. The summed E-state index contributed by atoms with van der Waals surface area (Å²) in [5.41, 5.74) is 8.05. The molecule has 0 bridgehead atoms. The van der Waals surface area contributed by atoms with Crippen molar-refractivity contribution in [1.29, 1.82) is 0 Å². The summed E-state index contributed by atoms with van der Waals surface area (Å²) in [6.07, 6.45) is 1.16. The minimum Gasteiger partial charge on any atom is -0.273 e. The molecule has 0 aromatic heterocycles. The van der Waals surface area contributed by atoms with Gasteiger partial charge in [0.25, 0.3) is 0 Å². The molecular formula is C19H22N2O. The summed E-state index contributed by atoms with van der Waals surface area (Å²) in [6, 6.07) is 16.2. The van der Waals surface area contributed by atoms with Crippen LogP contribution in [0, 0.1) is 13.8 Å². The van der Waals surface area contributed by atoms with Crippen LogP contribution >= 0.6 is 0 Å². The van der Waals surface area contributed by atoms with E-state index < -0.39 is 0 Å². The molecule has 2 aromatic carbocycles. The van der Waals surface area contributed by atoms with Crippen molar-refractivity contribution in [2.75, 3.05) is 0 Å². The lowest BCUT2D eigenvalue weighted by Crippen LogP contribution is -2.19. The van der Waals surface area contributed by atoms with Crippen LogP contribution in [-0.2, 0) is 11.2 Å². The molecule has 1 N–H and O–H groups in total. The van der Waals surface area contributed by atoms with Gasteiger partial charge in [-0.25, -0.2) is 5.43 Å². The Morgan fingerprint density at radius 2 is 1.82 bits per heavy atom. The zero-order valence-corrected chi connectivity index (χ0v) is 13.4. The van der Waals surface area contributed by atoms with Gasteiger partial charge in [-0.3, -0.25) is 4.79 Å². The topological polar surface area (TPSA) is 41.5 Å². The normalized spacial score (nSPS) is 11.3. The first-order valence-corrected chi connectivity index (χ1v) is 7.51. The number of benzene rings is 2. The Morgan fingerprint density at radius 3 is 2.55 bits per heavy atom. The van der Waals surface area contributed by atoms with Crippen LogP contribution < -0.4 is 5.43 Å². The van der Waals surface area contributed by atoms with Gasteiger partial charge in [-0.2, -0.15) is 5.10 Å². The number of carbonyl (C=O) groups is 1. The highest BCUT2D eigenvalue weighted by atomic mass is 16.2. The summed E-state index contributed by atoms with van der Waals surface area (Å²) in [5.74, 6) is -0.0616. The van der Waals surface area contributed by atoms with Crippen molar-refractivity contribution in [3.63, 3.8) is 0 Å². The highest BCUT2D eigenvalue weighted by Gasteiger charge is 2.05. The Kier molecular flexibility index (Phi) is 5.48. The summed E-state index contributed by atoms with van der Waals surface area (Å²) >= 11 is 0. The monoisotopic (exact) mass is 294 g/mol. The maximum Gasteiger partial charge on any atom is 0.240 e. The standard InChI is InChI=1S/C19H22N2O/c1-14-9-10-15(2)18(13-14)16(3)20-21-19(22)12-11-17-7-5-4-6-8-17/h4-10,13H,11-12H2,1-3H3,(H,21,22)/b20-16+. The number of aryl methyl sites for hydroxylation is 3.